The van der Waals surface area contributed by atoms with Crippen LogP contribution in [0.15, 0.2) is 12.2 Å². The van der Waals surface area contributed by atoms with Gasteiger partial charge in [0.2, 0.25) is 5.91 Å². The number of carbonyl (C=O) groups is 1. The average molecular weight is 273 g/mol. The lowest BCUT2D eigenvalue weighted by Gasteiger charge is -2.24. The third-order valence-electron chi connectivity index (χ3n) is 3.42. The van der Waals surface area contributed by atoms with Crippen molar-refractivity contribution < 1.29 is 13.2 Å². The number of hydrogen-bond acceptors (Lipinski definition) is 3. The summed E-state index contributed by atoms with van der Waals surface area (Å²) in [4.78, 5) is 11.9. The van der Waals surface area contributed by atoms with Gasteiger partial charge in [0.1, 0.15) is 5.25 Å². The van der Waals surface area contributed by atoms with Crippen molar-refractivity contribution in [3.63, 3.8) is 0 Å². The zero-order valence-corrected chi connectivity index (χ0v) is 12.0. The molecule has 0 bridgehead atoms. The highest BCUT2D eigenvalue weighted by atomic mass is 32.2. The predicted octanol–water partition coefficient (Wildman–Crippen LogP) is 1.81. The summed E-state index contributed by atoms with van der Waals surface area (Å²) in [5.41, 5.74) is 0. The van der Waals surface area contributed by atoms with Crippen molar-refractivity contribution in [1.29, 1.82) is 0 Å². The summed E-state index contributed by atoms with van der Waals surface area (Å²) in [5.74, 6) is -0.422. The molecule has 1 unspecified atom stereocenters. The van der Waals surface area contributed by atoms with E-state index < -0.39 is 15.1 Å². The molecule has 0 heterocycles. The van der Waals surface area contributed by atoms with E-state index in [1.54, 1.807) is 19.1 Å². The van der Waals surface area contributed by atoms with Gasteiger partial charge in [0.05, 0.1) is 5.75 Å². The van der Waals surface area contributed by atoms with Crippen molar-refractivity contribution in [3.05, 3.63) is 12.2 Å². The van der Waals surface area contributed by atoms with Gasteiger partial charge in [0.25, 0.3) is 0 Å². The Bertz CT molecular complexity index is 394. The summed E-state index contributed by atoms with van der Waals surface area (Å²) in [5, 5.41) is 1.90. The van der Waals surface area contributed by atoms with E-state index in [0.29, 0.717) is 0 Å². The zero-order valence-electron chi connectivity index (χ0n) is 11.2. The largest absolute Gasteiger partial charge is 0.352 e. The molecule has 1 fully saturated rings. The van der Waals surface area contributed by atoms with Gasteiger partial charge in [-0.3, -0.25) is 4.79 Å². The predicted molar refractivity (Wildman–Crippen MR) is 73.1 cm³/mol. The molecule has 1 atom stereocenters. The molecule has 1 saturated carbocycles. The molecule has 0 aromatic carbocycles. The Morgan fingerprint density at radius 2 is 1.94 bits per heavy atom. The minimum absolute atomic E-state index is 0.0667. The van der Waals surface area contributed by atoms with Crippen LogP contribution >= 0.6 is 0 Å². The molecule has 4 nitrogen and oxygen atoms in total. The fraction of sp³-hybridized carbons (Fsp3) is 0.769. The molecule has 1 N–H and O–H groups in total. The van der Waals surface area contributed by atoms with E-state index in [-0.39, 0.29) is 17.7 Å². The molecule has 0 saturated heterocycles. The second-order valence-electron chi connectivity index (χ2n) is 4.88. The maximum absolute atomic E-state index is 11.9. The number of hydrogen-bond donors (Lipinski definition) is 1. The minimum atomic E-state index is -3.37. The normalized spacial score (nSPS) is 19.9. The molecule has 18 heavy (non-hydrogen) atoms. The molecule has 1 amide bonds. The fourth-order valence-corrected chi connectivity index (χ4v) is 3.25. The zero-order chi connectivity index (χ0) is 13.6. The smallest absolute Gasteiger partial charge is 0.238 e. The molecule has 0 aliphatic heterocycles. The van der Waals surface area contributed by atoms with E-state index in [2.05, 4.69) is 5.32 Å². The molecule has 0 spiro atoms. The first-order valence-electron chi connectivity index (χ1n) is 6.60. The van der Waals surface area contributed by atoms with Gasteiger partial charge in [-0.15, -0.1) is 0 Å². The van der Waals surface area contributed by atoms with Crippen LogP contribution in [0.1, 0.15) is 46.0 Å². The molecule has 0 radical (unpaired) electrons. The monoisotopic (exact) mass is 273 g/mol. The van der Waals surface area contributed by atoms with Gasteiger partial charge >= 0.3 is 0 Å². The summed E-state index contributed by atoms with van der Waals surface area (Å²) in [7, 11) is -3.37. The van der Waals surface area contributed by atoms with E-state index in [9.17, 15) is 13.2 Å². The highest BCUT2D eigenvalue weighted by Gasteiger charge is 2.28. The van der Waals surface area contributed by atoms with E-state index in [1.807, 2.05) is 0 Å². The van der Waals surface area contributed by atoms with Gasteiger partial charge in [0, 0.05) is 6.04 Å². The summed E-state index contributed by atoms with van der Waals surface area (Å²) in [6.45, 7) is 3.24. The van der Waals surface area contributed by atoms with Crippen LogP contribution in [0.25, 0.3) is 0 Å². The second-order valence-corrected chi connectivity index (χ2v) is 7.25. The van der Waals surface area contributed by atoms with Gasteiger partial charge in [-0.1, -0.05) is 31.4 Å². The molecule has 1 aliphatic carbocycles. The van der Waals surface area contributed by atoms with Crippen LogP contribution < -0.4 is 5.32 Å². The van der Waals surface area contributed by atoms with Gasteiger partial charge in [0.15, 0.2) is 9.84 Å². The van der Waals surface area contributed by atoms with Crippen molar-refractivity contribution in [2.45, 2.75) is 57.2 Å². The molecular formula is C13H23NO3S. The minimum Gasteiger partial charge on any atom is -0.352 e. The van der Waals surface area contributed by atoms with E-state index in [0.717, 1.165) is 25.7 Å². The SMILES string of the molecule is C/C=C/CS(=O)(=O)C(C)C(=O)NC1CCCCC1. The highest BCUT2D eigenvalue weighted by molar-refractivity contribution is 7.92. The summed E-state index contributed by atoms with van der Waals surface area (Å²) in [6, 6.07) is 0.158. The topological polar surface area (TPSA) is 63.2 Å². The van der Waals surface area contributed by atoms with Crippen LogP contribution in [0.3, 0.4) is 0 Å². The molecule has 104 valence electrons. The van der Waals surface area contributed by atoms with Crippen molar-refractivity contribution in [1.82, 2.24) is 5.32 Å². The summed E-state index contributed by atoms with van der Waals surface area (Å²) >= 11 is 0. The second kappa shape index (κ2) is 6.92. The molecule has 5 heteroatoms. The molecule has 0 aromatic rings. The number of rotatable bonds is 5. The van der Waals surface area contributed by atoms with Gasteiger partial charge in [-0.25, -0.2) is 8.42 Å². The number of allylic oxidation sites excluding steroid dienone is 1. The first kappa shape index (κ1) is 15.2. The van der Waals surface area contributed by atoms with Crippen molar-refractivity contribution >= 4 is 15.7 Å². The molecule has 0 aromatic heterocycles. The van der Waals surface area contributed by atoms with E-state index in [1.165, 1.54) is 13.3 Å². The van der Waals surface area contributed by atoms with Crippen molar-refractivity contribution in [2.24, 2.45) is 0 Å². The van der Waals surface area contributed by atoms with Gasteiger partial charge in [-0.05, 0) is 26.7 Å². The number of carbonyl (C=O) groups excluding carboxylic acids is 1. The Labute approximate surface area is 110 Å². The fourth-order valence-electron chi connectivity index (χ4n) is 2.10. The average Bonchev–Trinajstić information content (AvgIpc) is 2.36. The van der Waals surface area contributed by atoms with Crippen LogP contribution in [-0.4, -0.2) is 31.4 Å². The van der Waals surface area contributed by atoms with Crippen LogP contribution in [0.4, 0.5) is 0 Å². The van der Waals surface area contributed by atoms with Crippen LogP contribution in [0.2, 0.25) is 0 Å². The summed E-state index contributed by atoms with van der Waals surface area (Å²) < 4.78 is 23.7. The molecule has 1 rings (SSSR count). The molecular weight excluding hydrogens is 250 g/mol. The quantitative estimate of drug-likeness (QED) is 0.777. The van der Waals surface area contributed by atoms with Gasteiger partial charge in [-0.2, -0.15) is 0 Å². The lowest BCUT2D eigenvalue weighted by molar-refractivity contribution is -0.121. The van der Waals surface area contributed by atoms with Gasteiger partial charge < -0.3 is 5.32 Å². The number of nitrogens with one attached hydrogen (secondary N) is 1. The van der Waals surface area contributed by atoms with Crippen molar-refractivity contribution in [2.75, 3.05) is 5.75 Å². The maximum Gasteiger partial charge on any atom is 0.238 e. The van der Waals surface area contributed by atoms with E-state index >= 15 is 0 Å². The Kier molecular flexibility index (Phi) is 5.85. The van der Waals surface area contributed by atoms with Crippen molar-refractivity contribution in [3.8, 4) is 0 Å². The summed E-state index contributed by atoms with van der Waals surface area (Å²) in [6.07, 6.45) is 8.63. The highest BCUT2D eigenvalue weighted by Crippen LogP contribution is 2.17. The van der Waals surface area contributed by atoms with Crippen LogP contribution in [0, 0.1) is 0 Å². The maximum atomic E-state index is 11.9. The first-order valence-corrected chi connectivity index (χ1v) is 8.32. The number of sulfone groups is 1. The lowest BCUT2D eigenvalue weighted by Crippen LogP contribution is -2.44. The van der Waals surface area contributed by atoms with E-state index in [4.69, 9.17) is 0 Å². The lowest BCUT2D eigenvalue weighted by atomic mass is 9.95. The Morgan fingerprint density at radius 3 is 2.50 bits per heavy atom. The first-order chi connectivity index (χ1) is 8.47. The third-order valence-corrected chi connectivity index (χ3v) is 5.37. The Morgan fingerprint density at radius 1 is 1.33 bits per heavy atom. The number of amides is 1. The third kappa shape index (κ3) is 4.44. The standard InChI is InChI=1S/C13H23NO3S/c1-3-4-10-18(16,17)11(2)13(15)14-12-8-6-5-7-9-12/h3-4,11-12H,5-10H2,1-2H3,(H,14,15)/b4-3+. The van der Waals surface area contributed by atoms with Crippen LogP contribution in [-0.2, 0) is 14.6 Å². The molecule has 1 aliphatic rings. The Hall–Kier alpha value is -0.840. The Balaban J connectivity index is 2.54. The van der Waals surface area contributed by atoms with Crippen LogP contribution in [0.5, 0.6) is 0 Å².